The zero-order valence-corrected chi connectivity index (χ0v) is 10.4. The fourth-order valence-corrected chi connectivity index (χ4v) is 1.34. The molecule has 1 aromatic rings. The molecular formula is C12H17FN2O3. The molecule has 0 saturated heterocycles. The summed E-state index contributed by atoms with van der Waals surface area (Å²) < 4.78 is 18.1. The van der Waals surface area contributed by atoms with E-state index in [0.717, 1.165) is 0 Å². The highest BCUT2D eigenvalue weighted by molar-refractivity contribution is 5.74. The van der Waals surface area contributed by atoms with E-state index < -0.39 is 11.8 Å². The summed E-state index contributed by atoms with van der Waals surface area (Å²) in [5.41, 5.74) is 0.596. The minimum atomic E-state index is -0.421. The molecule has 1 atom stereocenters. The number of hydrogen-bond acceptors (Lipinski definition) is 3. The van der Waals surface area contributed by atoms with Gasteiger partial charge in [0.1, 0.15) is 11.6 Å². The molecule has 3 N–H and O–H groups in total. The lowest BCUT2D eigenvalue weighted by molar-refractivity contribution is 0.220. The molecule has 0 saturated carbocycles. The first-order valence-corrected chi connectivity index (χ1v) is 5.54. The topological polar surface area (TPSA) is 70.6 Å². The van der Waals surface area contributed by atoms with Crippen LogP contribution >= 0.6 is 0 Å². The van der Waals surface area contributed by atoms with E-state index in [2.05, 4.69) is 10.6 Å². The summed E-state index contributed by atoms with van der Waals surface area (Å²) in [4.78, 5) is 11.4. The number of aliphatic hydroxyl groups excluding tert-OH is 1. The molecule has 100 valence electrons. The van der Waals surface area contributed by atoms with Crippen LogP contribution in [0.2, 0.25) is 0 Å². The van der Waals surface area contributed by atoms with Gasteiger partial charge in [-0.25, -0.2) is 9.18 Å². The number of amides is 2. The first kappa shape index (κ1) is 14.2. The number of urea groups is 1. The Morgan fingerprint density at radius 1 is 1.50 bits per heavy atom. The van der Waals surface area contributed by atoms with Crippen LogP contribution in [0, 0.1) is 5.82 Å². The standard InChI is InChI=1S/C12H17FN2O3/c1-8(7-16)15-12(17)14-6-9-3-10(13)5-11(4-9)18-2/h3-5,8,16H,6-7H2,1-2H3,(H2,14,15,17)/t8-/m0/s1. The summed E-state index contributed by atoms with van der Waals surface area (Å²) in [7, 11) is 1.45. The Bertz CT molecular complexity index is 412. The summed E-state index contributed by atoms with van der Waals surface area (Å²) in [6.45, 7) is 1.71. The second-order valence-electron chi connectivity index (χ2n) is 3.91. The van der Waals surface area contributed by atoms with Crippen molar-refractivity contribution in [2.24, 2.45) is 0 Å². The Kier molecular flexibility index (Phi) is 5.38. The Morgan fingerprint density at radius 3 is 2.83 bits per heavy atom. The summed E-state index contributed by atoms with van der Waals surface area (Å²) in [5.74, 6) is -0.0220. The zero-order valence-electron chi connectivity index (χ0n) is 10.4. The van der Waals surface area contributed by atoms with Gasteiger partial charge in [-0.3, -0.25) is 0 Å². The molecule has 1 rings (SSSR count). The molecule has 0 aliphatic carbocycles. The lowest BCUT2D eigenvalue weighted by Crippen LogP contribution is -2.41. The summed E-state index contributed by atoms with van der Waals surface area (Å²) in [5, 5.41) is 13.8. The van der Waals surface area contributed by atoms with Gasteiger partial charge >= 0.3 is 6.03 Å². The third-order valence-electron chi connectivity index (χ3n) is 2.27. The predicted molar refractivity (Wildman–Crippen MR) is 64.9 cm³/mol. The van der Waals surface area contributed by atoms with Crippen molar-refractivity contribution >= 4 is 6.03 Å². The number of hydrogen-bond donors (Lipinski definition) is 3. The number of halogens is 1. The SMILES string of the molecule is COc1cc(F)cc(CNC(=O)N[C@@H](C)CO)c1. The molecule has 0 heterocycles. The fraction of sp³-hybridized carbons (Fsp3) is 0.417. The molecule has 0 bridgehead atoms. The molecule has 0 spiro atoms. The maximum atomic E-state index is 13.2. The van der Waals surface area contributed by atoms with Crippen LogP contribution in [-0.4, -0.2) is 30.9 Å². The monoisotopic (exact) mass is 256 g/mol. The van der Waals surface area contributed by atoms with Gasteiger partial charge in [-0.05, 0) is 24.6 Å². The van der Waals surface area contributed by atoms with Crippen molar-refractivity contribution in [3.05, 3.63) is 29.6 Å². The van der Waals surface area contributed by atoms with E-state index in [4.69, 9.17) is 9.84 Å². The number of carbonyl (C=O) groups excluding carboxylic acids is 1. The van der Waals surface area contributed by atoms with Crippen molar-refractivity contribution in [3.8, 4) is 5.75 Å². The minimum absolute atomic E-state index is 0.138. The van der Waals surface area contributed by atoms with Crippen molar-refractivity contribution in [2.45, 2.75) is 19.5 Å². The van der Waals surface area contributed by atoms with E-state index in [1.54, 1.807) is 13.0 Å². The fourth-order valence-electron chi connectivity index (χ4n) is 1.34. The average Bonchev–Trinajstić information content (AvgIpc) is 2.35. The lowest BCUT2D eigenvalue weighted by atomic mass is 10.2. The Hall–Kier alpha value is -1.82. The number of aliphatic hydroxyl groups is 1. The van der Waals surface area contributed by atoms with Crippen LogP contribution in [0.1, 0.15) is 12.5 Å². The van der Waals surface area contributed by atoms with Gasteiger partial charge in [0.2, 0.25) is 0 Å². The van der Waals surface area contributed by atoms with Crippen LogP contribution in [0.25, 0.3) is 0 Å². The molecular weight excluding hydrogens is 239 g/mol. The molecule has 0 aromatic heterocycles. The third-order valence-corrected chi connectivity index (χ3v) is 2.27. The molecule has 0 radical (unpaired) electrons. The van der Waals surface area contributed by atoms with E-state index in [-0.39, 0.29) is 19.2 Å². The molecule has 0 fully saturated rings. The number of carbonyl (C=O) groups is 1. The molecule has 18 heavy (non-hydrogen) atoms. The first-order chi connectivity index (χ1) is 8.55. The number of methoxy groups -OCH3 is 1. The van der Waals surface area contributed by atoms with E-state index in [9.17, 15) is 9.18 Å². The molecule has 2 amide bonds. The van der Waals surface area contributed by atoms with Gasteiger partial charge in [-0.15, -0.1) is 0 Å². The molecule has 1 aromatic carbocycles. The van der Waals surface area contributed by atoms with E-state index in [1.165, 1.54) is 19.2 Å². The van der Waals surface area contributed by atoms with Gasteiger partial charge in [-0.1, -0.05) is 0 Å². The molecule has 0 aliphatic heterocycles. The van der Waals surface area contributed by atoms with Crippen molar-refractivity contribution in [1.82, 2.24) is 10.6 Å². The lowest BCUT2D eigenvalue weighted by Gasteiger charge is -2.12. The minimum Gasteiger partial charge on any atom is -0.497 e. The van der Waals surface area contributed by atoms with Gasteiger partial charge in [-0.2, -0.15) is 0 Å². The van der Waals surface area contributed by atoms with Crippen molar-refractivity contribution in [1.29, 1.82) is 0 Å². The summed E-state index contributed by atoms with van der Waals surface area (Å²) in [6, 6.07) is 3.47. The Balaban J connectivity index is 2.52. The predicted octanol–water partition coefficient (Wildman–Crippen LogP) is 1.01. The first-order valence-electron chi connectivity index (χ1n) is 5.54. The van der Waals surface area contributed by atoms with E-state index in [0.29, 0.717) is 11.3 Å². The van der Waals surface area contributed by atoms with Crippen LogP contribution in [0.15, 0.2) is 18.2 Å². The highest BCUT2D eigenvalue weighted by atomic mass is 19.1. The van der Waals surface area contributed by atoms with Crippen molar-refractivity contribution < 1.29 is 19.0 Å². The second kappa shape index (κ2) is 6.80. The number of benzene rings is 1. The largest absolute Gasteiger partial charge is 0.497 e. The molecule has 0 unspecified atom stereocenters. The smallest absolute Gasteiger partial charge is 0.315 e. The maximum absolute atomic E-state index is 13.2. The molecule has 6 heteroatoms. The van der Waals surface area contributed by atoms with Gasteiger partial charge < -0.3 is 20.5 Å². The summed E-state index contributed by atoms with van der Waals surface area (Å²) >= 11 is 0. The zero-order chi connectivity index (χ0) is 13.5. The van der Waals surface area contributed by atoms with Crippen molar-refractivity contribution in [2.75, 3.05) is 13.7 Å². The van der Waals surface area contributed by atoms with Crippen LogP contribution in [-0.2, 0) is 6.54 Å². The van der Waals surface area contributed by atoms with Crippen LogP contribution in [0.5, 0.6) is 5.75 Å². The normalized spacial score (nSPS) is 11.8. The molecule has 0 aliphatic rings. The maximum Gasteiger partial charge on any atom is 0.315 e. The quantitative estimate of drug-likeness (QED) is 0.736. The number of rotatable bonds is 5. The average molecular weight is 256 g/mol. The van der Waals surface area contributed by atoms with Crippen LogP contribution < -0.4 is 15.4 Å². The highest BCUT2D eigenvalue weighted by Gasteiger charge is 2.06. The van der Waals surface area contributed by atoms with Gasteiger partial charge in [0.05, 0.1) is 19.8 Å². The van der Waals surface area contributed by atoms with Crippen LogP contribution in [0.3, 0.4) is 0 Å². The molecule has 5 nitrogen and oxygen atoms in total. The van der Waals surface area contributed by atoms with E-state index >= 15 is 0 Å². The Labute approximate surface area is 105 Å². The van der Waals surface area contributed by atoms with Gasteiger partial charge in [0.25, 0.3) is 0 Å². The number of ether oxygens (including phenoxy) is 1. The van der Waals surface area contributed by atoms with E-state index in [1.807, 2.05) is 0 Å². The second-order valence-corrected chi connectivity index (χ2v) is 3.91. The third kappa shape index (κ3) is 4.58. The Morgan fingerprint density at radius 2 is 2.22 bits per heavy atom. The number of nitrogens with one attached hydrogen (secondary N) is 2. The van der Waals surface area contributed by atoms with Gasteiger partial charge in [0.15, 0.2) is 0 Å². The van der Waals surface area contributed by atoms with Crippen LogP contribution in [0.4, 0.5) is 9.18 Å². The summed E-state index contributed by atoms with van der Waals surface area (Å²) in [6.07, 6.45) is 0. The van der Waals surface area contributed by atoms with Gasteiger partial charge in [0, 0.05) is 12.6 Å². The highest BCUT2D eigenvalue weighted by Crippen LogP contribution is 2.15. The van der Waals surface area contributed by atoms with Crippen molar-refractivity contribution in [3.63, 3.8) is 0 Å².